The van der Waals surface area contributed by atoms with E-state index in [4.69, 9.17) is 10.5 Å². The van der Waals surface area contributed by atoms with Crippen molar-refractivity contribution in [1.82, 2.24) is 14.8 Å². The van der Waals surface area contributed by atoms with E-state index in [0.717, 1.165) is 11.4 Å². The summed E-state index contributed by atoms with van der Waals surface area (Å²) in [5.41, 5.74) is 7.50. The first kappa shape index (κ1) is 11.8. The van der Waals surface area contributed by atoms with Gasteiger partial charge in [0, 0.05) is 18.1 Å². The first-order valence-electron chi connectivity index (χ1n) is 5.11. The Kier molecular flexibility index (Phi) is 2.97. The predicted octanol–water partition coefficient (Wildman–Crippen LogP) is 2.10. The van der Waals surface area contributed by atoms with Crippen molar-refractivity contribution in [1.29, 1.82) is 0 Å². The lowest BCUT2D eigenvalue weighted by molar-refractivity contribution is 0.473. The molecule has 17 heavy (non-hydrogen) atoms. The van der Waals surface area contributed by atoms with Crippen molar-refractivity contribution in [2.45, 2.75) is 18.7 Å². The number of rotatable bonds is 2. The van der Waals surface area contributed by atoms with Gasteiger partial charge in [0.2, 0.25) is 0 Å². The topological polar surface area (TPSA) is 66.0 Å². The van der Waals surface area contributed by atoms with Crippen LogP contribution in [0.15, 0.2) is 17.2 Å². The Balaban J connectivity index is 2.41. The molecule has 0 amide bonds. The summed E-state index contributed by atoms with van der Waals surface area (Å²) in [6.07, 6.45) is 1.58. The highest BCUT2D eigenvalue weighted by atomic mass is 32.1. The number of nitrogen functional groups attached to an aromatic ring is 1. The quantitative estimate of drug-likeness (QED) is 0.801. The molecule has 0 bridgehead atoms. The van der Waals surface area contributed by atoms with Gasteiger partial charge in [0.1, 0.15) is 5.69 Å². The van der Waals surface area contributed by atoms with Crippen LogP contribution in [-0.2, 0) is 7.05 Å². The third kappa shape index (κ3) is 2.21. The fourth-order valence-electron chi connectivity index (χ4n) is 1.54. The summed E-state index contributed by atoms with van der Waals surface area (Å²) in [5.74, 6) is 1.54. The number of hydrogen-bond donors (Lipinski definition) is 2. The largest absolute Gasteiger partial charge is 0.450 e. The van der Waals surface area contributed by atoms with E-state index in [2.05, 4.69) is 22.7 Å². The van der Waals surface area contributed by atoms with Crippen molar-refractivity contribution in [3.8, 4) is 11.5 Å². The van der Waals surface area contributed by atoms with Crippen LogP contribution in [0, 0.1) is 13.8 Å². The van der Waals surface area contributed by atoms with E-state index in [1.807, 2.05) is 20.9 Å². The van der Waals surface area contributed by atoms with Crippen LogP contribution in [0.4, 0.5) is 5.82 Å². The van der Waals surface area contributed by atoms with Crippen LogP contribution >= 0.6 is 12.6 Å². The summed E-state index contributed by atoms with van der Waals surface area (Å²) < 4.78 is 7.52. The number of aromatic nitrogens is 3. The van der Waals surface area contributed by atoms with E-state index in [-0.39, 0.29) is 0 Å². The molecule has 2 aromatic heterocycles. The molecule has 0 atom stereocenters. The molecule has 2 aromatic rings. The SMILES string of the molecule is Cc1nn(C)c(C)c1Oc1cc(S)cnc1N. The van der Waals surface area contributed by atoms with Crippen LogP contribution in [0.2, 0.25) is 0 Å². The van der Waals surface area contributed by atoms with E-state index < -0.39 is 0 Å². The van der Waals surface area contributed by atoms with Crippen LogP contribution in [0.1, 0.15) is 11.4 Å². The lowest BCUT2D eigenvalue weighted by atomic mass is 10.3. The van der Waals surface area contributed by atoms with E-state index in [1.54, 1.807) is 16.9 Å². The number of thiol groups is 1. The molecule has 2 heterocycles. The minimum atomic E-state index is 0.338. The van der Waals surface area contributed by atoms with Gasteiger partial charge in [-0.25, -0.2) is 4.98 Å². The lowest BCUT2D eigenvalue weighted by Gasteiger charge is -2.08. The van der Waals surface area contributed by atoms with Gasteiger partial charge in [-0.2, -0.15) is 5.10 Å². The summed E-state index contributed by atoms with van der Waals surface area (Å²) in [5, 5.41) is 4.27. The fraction of sp³-hybridized carbons (Fsp3) is 0.273. The summed E-state index contributed by atoms with van der Waals surface area (Å²) in [4.78, 5) is 4.69. The van der Waals surface area contributed by atoms with Gasteiger partial charge in [-0.1, -0.05) is 0 Å². The number of ether oxygens (including phenoxy) is 1. The van der Waals surface area contributed by atoms with Crippen LogP contribution in [-0.4, -0.2) is 14.8 Å². The van der Waals surface area contributed by atoms with Crippen LogP contribution in [0.3, 0.4) is 0 Å². The lowest BCUT2D eigenvalue weighted by Crippen LogP contribution is -1.97. The Bertz CT molecular complexity index is 565. The maximum atomic E-state index is 5.75. The van der Waals surface area contributed by atoms with Crippen molar-refractivity contribution in [3.05, 3.63) is 23.7 Å². The first-order chi connectivity index (χ1) is 7.99. The van der Waals surface area contributed by atoms with E-state index >= 15 is 0 Å². The van der Waals surface area contributed by atoms with Crippen LogP contribution in [0.25, 0.3) is 0 Å². The molecule has 0 unspecified atom stereocenters. The summed E-state index contributed by atoms with van der Waals surface area (Å²) in [6.45, 7) is 3.82. The molecule has 0 aliphatic rings. The average molecular weight is 250 g/mol. The highest BCUT2D eigenvalue weighted by Crippen LogP contribution is 2.31. The van der Waals surface area contributed by atoms with Crippen molar-refractivity contribution in [2.24, 2.45) is 7.05 Å². The normalized spacial score (nSPS) is 10.6. The van der Waals surface area contributed by atoms with Gasteiger partial charge in [-0.05, 0) is 19.9 Å². The Morgan fingerprint density at radius 3 is 2.71 bits per heavy atom. The number of nitrogens with two attached hydrogens (primary N) is 1. The van der Waals surface area contributed by atoms with Crippen molar-refractivity contribution in [3.63, 3.8) is 0 Å². The second-order valence-electron chi connectivity index (χ2n) is 3.80. The van der Waals surface area contributed by atoms with Gasteiger partial charge in [-0.3, -0.25) is 4.68 Å². The van der Waals surface area contributed by atoms with Crippen molar-refractivity contribution < 1.29 is 4.74 Å². The molecule has 0 aromatic carbocycles. The number of hydrogen-bond acceptors (Lipinski definition) is 5. The highest BCUT2D eigenvalue weighted by molar-refractivity contribution is 7.80. The molecule has 0 fully saturated rings. The molecule has 0 radical (unpaired) electrons. The summed E-state index contributed by atoms with van der Waals surface area (Å²) >= 11 is 4.21. The molecule has 0 aliphatic carbocycles. The van der Waals surface area contributed by atoms with E-state index in [1.165, 1.54) is 0 Å². The maximum Gasteiger partial charge on any atom is 0.171 e. The Hall–Kier alpha value is -1.69. The zero-order valence-corrected chi connectivity index (χ0v) is 10.8. The average Bonchev–Trinajstić information content (AvgIpc) is 2.50. The molecule has 0 saturated carbocycles. The second kappa shape index (κ2) is 4.29. The standard InChI is InChI=1S/C11H14N4OS/c1-6-10(7(2)15(3)14-6)16-9-4-8(17)5-13-11(9)12/h4-5,17H,1-3H3,(H2,12,13). The minimum absolute atomic E-state index is 0.338. The Labute approximate surface area is 105 Å². The van der Waals surface area contributed by atoms with Gasteiger partial charge < -0.3 is 10.5 Å². The molecule has 0 spiro atoms. The third-order valence-electron chi connectivity index (χ3n) is 2.52. The highest BCUT2D eigenvalue weighted by Gasteiger charge is 2.13. The third-order valence-corrected chi connectivity index (χ3v) is 2.77. The van der Waals surface area contributed by atoms with Gasteiger partial charge in [0.25, 0.3) is 0 Å². The molecule has 5 nitrogen and oxygen atoms in total. The molecule has 6 heteroatoms. The molecule has 90 valence electrons. The van der Waals surface area contributed by atoms with Gasteiger partial charge >= 0.3 is 0 Å². The monoisotopic (exact) mass is 250 g/mol. The van der Waals surface area contributed by atoms with Crippen LogP contribution < -0.4 is 10.5 Å². The van der Waals surface area contributed by atoms with Crippen molar-refractivity contribution >= 4 is 18.4 Å². The minimum Gasteiger partial charge on any atom is -0.450 e. The molecular weight excluding hydrogens is 236 g/mol. The number of aryl methyl sites for hydroxylation is 2. The zero-order chi connectivity index (χ0) is 12.6. The van der Waals surface area contributed by atoms with Gasteiger partial charge in [0.15, 0.2) is 17.3 Å². The Morgan fingerprint density at radius 2 is 2.12 bits per heavy atom. The molecule has 2 N–H and O–H groups in total. The molecule has 0 aliphatic heterocycles. The summed E-state index contributed by atoms with van der Waals surface area (Å²) in [7, 11) is 1.87. The van der Waals surface area contributed by atoms with Gasteiger partial charge in [-0.15, -0.1) is 12.6 Å². The first-order valence-corrected chi connectivity index (χ1v) is 5.56. The summed E-state index contributed by atoms with van der Waals surface area (Å²) in [6, 6.07) is 1.73. The fourth-order valence-corrected chi connectivity index (χ4v) is 1.71. The molecule has 2 rings (SSSR count). The predicted molar refractivity (Wildman–Crippen MR) is 68.7 cm³/mol. The Morgan fingerprint density at radius 1 is 1.41 bits per heavy atom. The zero-order valence-electron chi connectivity index (χ0n) is 9.93. The molecular formula is C11H14N4OS. The second-order valence-corrected chi connectivity index (χ2v) is 4.32. The number of anilines is 1. The van der Waals surface area contributed by atoms with Crippen molar-refractivity contribution in [2.75, 3.05) is 5.73 Å². The smallest absolute Gasteiger partial charge is 0.171 e. The van der Waals surface area contributed by atoms with E-state index in [0.29, 0.717) is 22.2 Å². The number of pyridine rings is 1. The van der Waals surface area contributed by atoms with Crippen LogP contribution in [0.5, 0.6) is 11.5 Å². The maximum absolute atomic E-state index is 5.75. The van der Waals surface area contributed by atoms with Gasteiger partial charge in [0.05, 0.1) is 5.69 Å². The van der Waals surface area contributed by atoms with E-state index in [9.17, 15) is 0 Å². The molecule has 0 saturated heterocycles. The number of nitrogens with zero attached hydrogens (tertiary/aromatic N) is 3.